The highest BCUT2D eigenvalue weighted by Gasteiger charge is 2.34. The van der Waals surface area contributed by atoms with Gasteiger partial charge in [0.15, 0.2) is 0 Å². The zero-order valence-corrected chi connectivity index (χ0v) is 10.6. The summed E-state index contributed by atoms with van der Waals surface area (Å²) in [7, 11) is 0. The number of piperidine rings is 1. The van der Waals surface area contributed by atoms with Crippen molar-refractivity contribution in [2.24, 2.45) is 5.92 Å². The molecule has 0 spiro atoms. The molecule has 98 valence electrons. The maximum Gasteiger partial charge on any atom is 0.123 e. The summed E-state index contributed by atoms with van der Waals surface area (Å²) in [5.74, 6) is 0.443. The molecule has 2 aliphatic heterocycles. The molecule has 4 heteroatoms. The maximum absolute atomic E-state index is 13.5. The van der Waals surface area contributed by atoms with Gasteiger partial charge in [0.1, 0.15) is 5.82 Å². The quantitative estimate of drug-likeness (QED) is 0.851. The van der Waals surface area contributed by atoms with E-state index in [2.05, 4.69) is 14.9 Å². The van der Waals surface area contributed by atoms with Crippen LogP contribution in [0.4, 0.5) is 4.39 Å². The van der Waals surface area contributed by atoms with Gasteiger partial charge in [0.2, 0.25) is 0 Å². The number of rotatable bonds is 1. The zero-order valence-electron chi connectivity index (χ0n) is 10.6. The number of aromatic nitrogens is 2. The average Bonchev–Trinajstić information content (AvgIpc) is 3.00. The first-order valence-electron chi connectivity index (χ1n) is 6.87. The minimum absolute atomic E-state index is 0.169. The summed E-state index contributed by atoms with van der Waals surface area (Å²) >= 11 is 0. The van der Waals surface area contributed by atoms with Gasteiger partial charge in [-0.05, 0) is 49.5 Å². The largest absolute Gasteiger partial charge is 0.323 e. The third-order valence-corrected chi connectivity index (χ3v) is 4.41. The lowest BCUT2D eigenvalue weighted by atomic mass is 9.86. The van der Waals surface area contributed by atoms with Crippen molar-refractivity contribution in [2.45, 2.75) is 18.9 Å². The minimum atomic E-state index is -0.169. The molecule has 0 radical (unpaired) electrons. The molecule has 0 saturated carbocycles. The van der Waals surface area contributed by atoms with Crippen molar-refractivity contribution in [3.8, 4) is 11.3 Å². The number of fused-ring (bicyclic) bond motifs is 3. The van der Waals surface area contributed by atoms with E-state index < -0.39 is 0 Å². The molecule has 1 N–H and O–H groups in total. The molecule has 3 nitrogen and oxygen atoms in total. The van der Waals surface area contributed by atoms with Crippen molar-refractivity contribution < 1.29 is 4.39 Å². The molecule has 1 saturated heterocycles. The molecule has 3 heterocycles. The molecule has 0 bridgehead atoms. The third kappa shape index (κ3) is 1.63. The molecule has 1 fully saturated rings. The minimum Gasteiger partial charge on any atom is -0.323 e. The van der Waals surface area contributed by atoms with Crippen molar-refractivity contribution in [1.29, 1.82) is 0 Å². The van der Waals surface area contributed by atoms with E-state index in [1.165, 1.54) is 18.4 Å². The first-order valence-corrected chi connectivity index (χ1v) is 6.87. The van der Waals surface area contributed by atoms with Crippen molar-refractivity contribution in [1.82, 2.24) is 14.9 Å². The predicted octanol–water partition coefficient (Wildman–Crippen LogP) is 2.59. The van der Waals surface area contributed by atoms with Gasteiger partial charge in [0, 0.05) is 5.56 Å². The van der Waals surface area contributed by atoms with E-state index in [1.807, 2.05) is 18.6 Å². The summed E-state index contributed by atoms with van der Waals surface area (Å²) in [5.41, 5.74) is 3.32. The van der Waals surface area contributed by atoms with Crippen molar-refractivity contribution in [3.05, 3.63) is 42.1 Å². The maximum atomic E-state index is 13.5. The molecule has 4 rings (SSSR count). The normalized spacial score (nSPS) is 22.3. The summed E-state index contributed by atoms with van der Waals surface area (Å²) < 4.78 is 15.7. The Balaban J connectivity index is 1.84. The average molecular weight is 257 g/mol. The molecule has 19 heavy (non-hydrogen) atoms. The van der Waals surface area contributed by atoms with E-state index in [1.54, 1.807) is 12.1 Å². The van der Waals surface area contributed by atoms with Crippen LogP contribution < -0.4 is 5.32 Å². The lowest BCUT2D eigenvalue weighted by Crippen LogP contribution is -2.32. The van der Waals surface area contributed by atoms with Gasteiger partial charge < -0.3 is 9.88 Å². The van der Waals surface area contributed by atoms with Gasteiger partial charge in [-0.2, -0.15) is 0 Å². The number of imidazole rings is 1. The molecular weight excluding hydrogens is 241 g/mol. The SMILES string of the molecule is Fc1ccc2c(c1)-c1cncn1C2C1CCNCC1. The van der Waals surface area contributed by atoms with Gasteiger partial charge in [0.25, 0.3) is 0 Å². The Kier molecular flexibility index (Phi) is 2.45. The van der Waals surface area contributed by atoms with Crippen molar-refractivity contribution in [2.75, 3.05) is 13.1 Å². The molecule has 1 unspecified atom stereocenters. The monoisotopic (exact) mass is 257 g/mol. The van der Waals surface area contributed by atoms with Crippen LogP contribution in [0.3, 0.4) is 0 Å². The van der Waals surface area contributed by atoms with Crippen LogP contribution in [0.15, 0.2) is 30.7 Å². The number of halogens is 1. The van der Waals surface area contributed by atoms with Gasteiger partial charge in [-0.15, -0.1) is 0 Å². The second-order valence-corrected chi connectivity index (χ2v) is 5.45. The van der Waals surface area contributed by atoms with Gasteiger partial charge >= 0.3 is 0 Å². The lowest BCUT2D eigenvalue weighted by molar-refractivity contribution is 0.298. The molecular formula is C15H16FN3. The number of nitrogens with one attached hydrogen (secondary N) is 1. The van der Waals surface area contributed by atoms with E-state index in [0.29, 0.717) is 12.0 Å². The van der Waals surface area contributed by atoms with Crippen molar-refractivity contribution >= 4 is 0 Å². The first kappa shape index (κ1) is 11.2. The fourth-order valence-electron chi connectivity index (χ4n) is 3.53. The van der Waals surface area contributed by atoms with Crippen LogP contribution in [0, 0.1) is 11.7 Å². The smallest absolute Gasteiger partial charge is 0.123 e. The summed E-state index contributed by atoms with van der Waals surface area (Å²) in [6.45, 7) is 2.14. The van der Waals surface area contributed by atoms with E-state index >= 15 is 0 Å². The van der Waals surface area contributed by atoms with Crippen LogP contribution in [-0.2, 0) is 0 Å². The molecule has 1 atom stereocenters. The molecule has 2 aliphatic rings. The highest BCUT2D eigenvalue weighted by molar-refractivity contribution is 5.69. The van der Waals surface area contributed by atoms with Crippen LogP contribution >= 0.6 is 0 Å². The van der Waals surface area contributed by atoms with E-state index in [9.17, 15) is 4.39 Å². The number of nitrogens with zero attached hydrogens (tertiary/aromatic N) is 2. The summed E-state index contributed by atoms with van der Waals surface area (Å²) in [6, 6.07) is 5.50. The van der Waals surface area contributed by atoms with Crippen LogP contribution in [-0.4, -0.2) is 22.6 Å². The van der Waals surface area contributed by atoms with E-state index in [4.69, 9.17) is 0 Å². The summed E-state index contributed by atoms with van der Waals surface area (Å²) in [5, 5.41) is 3.40. The van der Waals surface area contributed by atoms with Crippen LogP contribution in [0.25, 0.3) is 11.3 Å². The van der Waals surface area contributed by atoms with Gasteiger partial charge in [-0.25, -0.2) is 9.37 Å². The molecule has 0 aliphatic carbocycles. The molecule has 2 aromatic rings. The Bertz CT molecular complexity index is 614. The Hall–Kier alpha value is -1.68. The molecule has 1 aromatic carbocycles. The second kappa shape index (κ2) is 4.17. The Morgan fingerprint density at radius 2 is 2.11 bits per heavy atom. The number of hydrogen-bond donors (Lipinski definition) is 1. The van der Waals surface area contributed by atoms with Crippen molar-refractivity contribution in [3.63, 3.8) is 0 Å². The fourth-order valence-corrected chi connectivity index (χ4v) is 3.53. The fraction of sp³-hybridized carbons (Fsp3) is 0.400. The second-order valence-electron chi connectivity index (χ2n) is 5.45. The van der Waals surface area contributed by atoms with Gasteiger partial charge in [0.05, 0.1) is 24.3 Å². The lowest BCUT2D eigenvalue weighted by Gasteiger charge is -2.29. The zero-order chi connectivity index (χ0) is 12.8. The van der Waals surface area contributed by atoms with Crippen LogP contribution in [0.1, 0.15) is 24.4 Å². The number of hydrogen-bond acceptors (Lipinski definition) is 2. The highest BCUT2D eigenvalue weighted by Crippen LogP contribution is 2.45. The predicted molar refractivity (Wildman–Crippen MR) is 71.4 cm³/mol. The highest BCUT2D eigenvalue weighted by atomic mass is 19.1. The van der Waals surface area contributed by atoms with E-state index in [-0.39, 0.29) is 5.82 Å². The molecule has 0 amide bonds. The Labute approximate surface area is 111 Å². The summed E-state index contributed by atoms with van der Waals surface area (Å²) in [4.78, 5) is 4.24. The Morgan fingerprint density at radius 1 is 1.26 bits per heavy atom. The number of benzene rings is 1. The Morgan fingerprint density at radius 3 is 2.95 bits per heavy atom. The van der Waals surface area contributed by atoms with E-state index in [0.717, 1.165) is 24.3 Å². The first-order chi connectivity index (χ1) is 9.34. The molecule has 1 aromatic heterocycles. The van der Waals surface area contributed by atoms with Crippen LogP contribution in [0.2, 0.25) is 0 Å². The topological polar surface area (TPSA) is 29.9 Å². The van der Waals surface area contributed by atoms with Gasteiger partial charge in [-0.1, -0.05) is 6.07 Å². The third-order valence-electron chi connectivity index (χ3n) is 4.41. The van der Waals surface area contributed by atoms with Crippen LogP contribution in [0.5, 0.6) is 0 Å². The van der Waals surface area contributed by atoms with Gasteiger partial charge in [-0.3, -0.25) is 0 Å². The summed E-state index contributed by atoms with van der Waals surface area (Å²) in [6.07, 6.45) is 6.07. The standard InChI is InChI=1S/C15H16FN3/c16-11-1-2-12-13(7-11)14-8-18-9-19(14)15(12)10-3-5-17-6-4-10/h1-2,7-10,15,17H,3-6H2.